The van der Waals surface area contributed by atoms with E-state index in [4.69, 9.17) is 15.0 Å². The summed E-state index contributed by atoms with van der Waals surface area (Å²) < 4.78 is 11.3. The fourth-order valence-corrected chi connectivity index (χ4v) is 2.00. The molecule has 2 N–H and O–H groups in total. The van der Waals surface area contributed by atoms with E-state index in [9.17, 15) is 0 Å². The number of hydrogen-bond donors (Lipinski definition) is 1. The molecule has 2 aromatic rings. The molecular weight excluding hydrogens is 298 g/mol. The Morgan fingerprint density at radius 1 is 1.44 bits per heavy atom. The Morgan fingerprint density at radius 3 is 2.89 bits per heavy atom. The number of methoxy groups -OCH3 is 1. The van der Waals surface area contributed by atoms with Crippen LogP contribution in [0.1, 0.15) is 23.4 Å². The third-order valence-corrected chi connectivity index (χ3v) is 3.34. The van der Waals surface area contributed by atoms with Crippen LogP contribution in [-0.4, -0.2) is 23.8 Å². The first-order valence-electron chi connectivity index (χ1n) is 5.53. The maximum Gasteiger partial charge on any atom is 0.257 e. The predicted molar refractivity (Wildman–Crippen MR) is 70.1 cm³/mol. The highest BCUT2D eigenvalue weighted by molar-refractivity contribution is 9.10. The SMILES string of the molecule is COC(CN)c1nc(Cc2ccccc2Br)no1. The van der Waals surface area contributed by atoms with E-state index in [1.54, 1.807) is 7.11 Å². The van der Waals surface area contributed by atoms with Gasteiger partial charge in [0.15, 0.2) is 5.82 Å². The molecule has 0 aliphatic carbocycles. The summed E-state index contributed by atoms with van der Waals surface area (Å²) in [6.45, 7) is 0.313. The zero-order valence-electron chi connectivity index (χ0n) is 9.97. The lowest BCUT2D eigenvalue weighted by atomic mass is 10.1. The average Bonchev–Trinajstić information content (AvgIpc) is 2.82. The van der Waals surface area contributed by atoms with Crippen LogP contribution in [0.4, 0.5) is 0 Å². The van der Waals surface area contributed by atoms with Crippen LogP contribution in [0.2, 0.25) is 0 Å². The second kappa shape index (κ2) is 6.08. The first kappa shape index (κ1) is 13.2. The first-order valence-corrected chi connectivity index (χ1v) is 6.32. The summed E-state index contributed by atoms with van der Waals surface area (Å²) >= 11 is 3.49. The van der Waals surface area contributed by atoms with Crippen LogP contribution in [0.15, 0.2) is 33.3 Å². The second-order valence-corrected chi connectivity index (χ2v) is 4.63. The molecule has 0 bridgehead atoms. The zero-order chi connectivity index (χ0) is 13.0. The van der Waals surface area contributed by atoms with Crippen LogP contribution in [0, 0.1) is 0 Å². The van der Waals surface area contributed by atoms with Gasteiger partial charge in [0.05, 0.1) is 0 Å². The van der Waals surface area contributed by atoms with Crippen LogP contribution < -0.4 is 5.73 Å². The fourth-order valence-electron chi connectivity index (χ4n) is 1.58. The number of ether oxygens (including phenoxy) is 1. The molecule has 0 fully saturated rings. The van der Waals surface area contributed by atoms with Crippen LogP contribution in [0.3, 0.4) is 0 Å². The van der Waals surface area contributed by atoms with Gasteiger partial charge < -0.3 is 15.0 Å². The molecule has 6 heteroatoms. The molecule has 0 spiro atoms. The normalized spacial score (nSPS) is 12.6. The van der Waals surface area contributed by atoms with Gasteiger partial charge in [0.25, 0.3) is 5.89 Å². The molecular formula is C12H14BrN3O2. The van der Waals surface area contributed by atoms with Gasteiger partial charge in [0.1, 0.15) is 6.10 Å². The van der Waals surface area contributed by atoms with E-state index in [2.05, 4.69) is 26.1 Å². The van der Waals surface area contributed by atoms with E-state index in [0.29, 0.717) is 24.7 Å². The number of benzene rings is 1. The topological polar surface area (TPSA) is 74.2 Å². The van der Waals surface area contributed by atoms with Crippen molar-refractivity contribution in [3.63, 3.8) is 0 Å². The van der Waals surface area contributed by atoms with Crippen LogP contribution in [-0.2, 0) is 11.2 Å². The third-order valence-electron chi connectivity index (χ3n) is 2.56. The molecule has 96 valence electrons. The Bertz CT molecular complexity index is 512. The number of halogens is 1. The summed E-state index contributed by atoms with van der Waals surface area (Å²) in [5, 5.41) is 3.93. The second-order valence-electron chi connectivity index (χ2n) is 3.78. The number of aromatic nitrogens is 2. The summed E-state index contributed by atoms with van der Waals surface area (Å²) in [7, 11) is 1.56. The Morgan fingerprint density at radius 2 is 2.22 bits per heavy atom. The van der Waals surface area contributed by atoms with Crippen LogP contribution in [0.25, 0.3) is 0 Å². The van der Waals surface area contributed by atoms with Gasteiger partial charge in [-0.3, -0.25) is 0 Å². The molecule has 5 nitrogen and oxygen atoms in total. The van der Waals surface area contributed by atoms with Crippen molar-refractivity contribution < 1.29 is 9.26 Å². The number of hydrogen-bond acceptors (Lipinski definition) is 5. The van der Waals surface area contributed by atoms with Gasteiger partial charge in [0.2, 0.25) is 0 Å². The van der Waals surface area contributed by atoms with Gasteiger partial charge in [-0.15, -0.1) is 0 Å². The fraction of sp³-hybridized carbons (Fsp3) is 0.333. The molecule has 18 heavy (non-hydrogen) atoms. The van der Waals surface area contributed by atoms with E-state index in [1.807, 2.05) is 24.3 Å². The first-order chi connectivity index (χ1) is 8.74. The summed E-state index contributed by atoms with van der Waals surface area (Å²) in [6.07, 6.45) is 0.261. The van der Waals surface area contributed by atoms with Crippen molar-refractivity contribution in [2.24, 2.45) is 5.73 Å². The minimum absolute atomic E-state index is 0.313. The van der Waals surface area contributed by atoms with Crippen molar-refractivity contribution in [2.75, 3.05) is 13.7 Å². The lowest BCUT2D eigenvalue weighted by Crippen LogP contribution is -2.14. The highest BCUT2D eigenvalue weighted by atomic mass is 79.9. The number of nitrogens with zero attached hydrogens (tertiary/aromatic N) is 2. The maximum absolute atomic E-state index is 5.54. The number of nitrogens with two attached hydrogens (primary N) is 1. The average molecular weight is 312 g/mol. The molecule has 0 aliphatic rings. The van der Waals surface area contributed by atoms with Gasteiger partial charge in [-0.25, -0.2) is 0 Å². The molecule has 0 aliphatic heterocycles. The lowest BCUT2D eigenvalue weighted by molar-refractivity contribution is 0.0804. The molecule has 0 saturated heterocycles. The van der Waals surface area contributed by atoms with Gasteiger partial charge in [-0.05, 0) is 11.6 Å². The molecule has 0 amide bonds. The van der Waals surface area contributed by atoms with E-state index in [0.717, 1.165) is 10.0 Å². The quantitative estimate of drug-likeness (QED) is 0.915. The number of rotatable bonds is 5. The van der Waals surface area contributed by atoms with Crippen molar-refractivity contribution in [1.29, 1.82) is 0 Å². The summed E-state index contributed by atoms with van der Waals surface area (Å²) in [6, 6.07) is 7.93. The smallest absolute Gasteiger partial charge is 0.257 e. The van der Waals surface area contributed by atoms with Gasteiger partial charge in [-0.1, -0.05) is 39.3 Å². The van der Waals surface area contributed by atoms with E-state index in [1.165, 1.54) is 0 Å². The Labute approximate surface area is 113 Å². The summed E-state index contributed by atoms with van der Waals surface area (Å²) in [5.74, 6) is 1.04. The van der Waals surface area contributed by atoms with Gasteiger partial charge in [-0.2, -0.15) is 4.98 Å². The van der Waals surface area contributed by atoms with Crippen molar-refractivity contribution >= 4 is 15.9 Å². The Balaban J connectivity index is 2.14. The van der Waals surface area contributed by atoms with Crippen LogP contribution >= 0.6 is 15.9 Å². The highest BCUT2D eigenvalue weighted by Gasteiger charge is 2.17. The molecule has 1 atom stereocenters. The summed E-state index contributed by atoms with van der Waals surface area (Å²) in [4.78, 5) is 4.29. The Hall–Kier alpha value is -1.24. The molecule has 1 heterocycles. The van der Waals surface area contributed by atoms with E-state index in [-0.39, 0.29) is 6.10 Å². The van der Waals surface area contributed by atoms with E-state index >= 15 is 0 Å². The zero-order valence-corrected chi connectivity index (χ0v) is 11.6. The predicted octanol–water partition coefficient (Wildman–Crippen LogP) is 2.07. The molecule has 0 radical (unpaired) electrons. The molecule has 1 aromatic carbocycles. The van der Waals surface area contributed by atoms with Crippen molar-refractivity contribution in [3.05, 3.63) is 46.0 Å². The molecule has 0 saturated carbocycles. The van der Waals surface area contributed by atoms with Crippen molar-refractivity contribution in [2.45, 2.75) is 12.5 Å². The standard InChI is InChI=1S/C12H14BrN3O2/c1-17-10(7-14)12-15-11(16-18-12)6-8-4-2-3-5-9(8)13/h2-5,10H,6-7,14H2,1H3. The third kappa shape index (κ3) is 2.95. The van der Waals surface area contributed by atoms with Gasteiger partial charge >= 0.3 is 0 Å². The summed E-state index contributed by atoms with van der Waals surface area (Å²) in [5.41, 5.74) is 6.64. The van der Waals surface area contributed by atoms with Crippen molar-refractivity contribution in [1.82, 2.24) is 10.1 Å². The lowest BCUT2D eigenvalue weighted by Gasteiger charge is -2.05. The molecule has 1 unspecified atom stereocenters. The van der Waals surface area contributed by atoms with E-state index < -0.39 is 0 Å². The van der Waals surface area contributed by atoms with Gasteiger partial charge in [0, 0.05) is 24.5 Å². The Kier molecular flexibility index (Phi) is 4.46. The monoisotopic (exact) mass is 311 g/mol. The molecule has 2 rings (SSSR count). The highest BCUT2D eigenvalue weighted by Crippen LogP contribution is 2.19. The van der Waals surface area contributed by atoms with Crippen LogP contribution in [0.5, 0.6) is 0 Å². The minimum atomic E-state index is -0.342. The minimum Gasteiger partial charge on any atom is -0.370 e. The largest absolute Gasteiger partial charge is 0.370 e. The van der Waals surface area contributed by atoms with Crippen molar-refractivity contribution in [3.8, 4) is 0 Å². The molecule has 1 aromatic heterocycles. The maximum atomic E-state index is 5.54.